The van der Waals surface area contributed by atoms with Crippen LogP contribution in [0.1, 0.15) is 32.3 Å². The molecule has 0 amide bonds. The highest BCUT2D eigenvalue weighted by Gasteiger charge is 2.33. The van der Waals surface area contributed by atoms with Gasteiger partial charge in [-0.2, -0.15) is 0 Å². The minimum absolute atomic E-state index is 0.382. The summed E-state index contributed by atoms with van der Waals surface area (Å²) < 4.78 is 31.5. The van der Waals surface area contributed by atoms with Gasteiger partial charge in [0.05, 0.1) is 0 Å². The Balaban J connectivity index is 2.30. The van der Waals surface area contributed by atoms with E-state index in [1.165, 1.54) is 6.07 Å². The molecule has 0 aliphatic carbocycles. The Hall–Kier alpha value is -1.45. The summed E-state index contributed by atoms with van der Waals surface area (Å²) in [5, 5.41) is 0. The number of halogens is 2. The van der Waals surface area contributed by atoms with Crippen LogP contribution < -0.4 is 0 Å². The standard InChI is InChI=1S/C13H15F2NO/c1-3-4-12-16-13(2,8-17-12)9-5-6-10(14)11(15)7-9/h5-7H,3-4,8H2,1-2H3. The van der Waals surface area contributed by atoms with Crippen molar-refractivity contribution in [2.24, 2.45) is 4.99 Å². The molecule has 1 aliphatic heterocycles. The summed E-state index contributed by atoms with van der Waals surface area (Å²) in [6.07, 6.45) is 1.73. The van der Waals surface area contributed by atoms with E-state index >= 15 is 0 Å². The normalized spacial score (nSPS) is 23.4. The Labute approximate surface area is 99.3 Å². The quantitative estimate of drug-likeness (QED) is 0.792. The zero-order valence-corrected chi connectivity index (χ0v) is 9.96. The van der Waals surface area contributed by atoms with Gasteiger partial charge in [-0.1, -0.05) is 13.0 Å². The van der Waals surface area contributed by atoms with Gasteiger partial charge < -0.3 is 4.74 Å². The maximum absolute atomic E-state index is 13.2. The van der Waals surface area contributed by atoms with E-state index in [9.17, 15) is 8.78 Å². The van der Waals surface area contributed by atoms with E-state index in [0.717, 1.165) is 18.9 Å². The van der Waals surface area contributed by atoms with Crippen LogP contribution in [-0.4, -0.2) is 12.5 Å². The molecule has 2 nitrogen and oxygen atoms in total. The molecule has 1 aliphatic rings. The van der Waals surface area contributed by atoms with Crippen molar-refractivity contribution >= 4 is 5.90 Å². The molecule has 17 heavy (non-hydrogen) atoms. The third-order valence-electron chi connectivity index (χ3n) is 2.90. The van der Waals surface area contributed by atoms with Crippen molar-refractivity contribution in [2.45, 2.75) is 32.2 Å². The predicted octanol–water partition coefficient (Wildman–Crippen LogP) is 3.41. The molecule has 0 saturated carbocycles. The van der Waals surface area contributed by atoms with E-state index in [1.807, 2.05) is 13.8 Å². The summed E-state index contributed by atoms with van der Waals surface area (Å²) in [5.41, 5.74) is 0.0430. The highest BCUT2D eigenvalue weighted by molar-refractivity contribution is 5.78. The average Bonchev–Trinajstić information content (AvgIpc) is 2.66. The fourth-order valence-corrected chi connectivity index (χ4v) is 1.88. The number of hydrogen-bond acceptors (Lipinski definition) is 2. The molecule has 4 heteroatoms. The summed E-state index contributed by atoms with van der Waals surface area (Å²) in [7, 11) is 0. The molecule has 0 fully saturated rings. The molecule has 92 valence electrons. The van der Waals surface area contributed by atoms with Gasteiger partial charge >= 0.3 is 0 Å². The molecule has 1 unspecified atom stereocenters. The first-order valence-electron chi connectivity index (χ1n) is 5.72. The largest absolute Gasteiger partial charge is 0.478 e. The van der Waals surface area contributed by atoms with Gasteiger partial charge in [-0.15, -0.1) is 0 Å². The summed E-state index contributed by atoms with van der Waals surface area (Å²) in [4.78, 5) is 4.46. The van der Waals surface area contributed by atoms with Crippen molar-refractivity contribution in [2.75, 3.05) is 6.61 Å². The third kappa shape index (κ3) is 2.30. The first-order valence-corrected chi connectivity index (χ1v) is 5.72. The van der Waals surface area contributed by atoms with E-state index in [1.54, 1.807) is 6.07 Å². The van der Waals surface area contributed by atoms with Crippen molar-refractivity contribution < 1.29 is 13.5 Å². The van der Waals surface area contributed by atoms with Crippen molar-refractivity contribution in [3.05, 3.63) is 35.4 Å². The van der Waals surface area contributed by atoms with E-state index in [-0.39, 0.29) is 0 Å². The van der Waals surface area contributed by atoms with Crippen molar-refractivity contribution in [1.82, 2.24) is 0 Å². The molecule has 2 rings (SSSR count). The Morgan fingerprint density at radius 2 is 2.12 bits per heavy atom. The Morgan fingerprint density at radius 3 is 2.76 bits per heavy atom. The first kappa shape index (κ1) is 12.0. The molecule has 0 saturated heterocycles. The summed E-state index contributed by atoms with van der Waals surface area (Å²) in [6.45, 7) is 4.29. The molecular formula is C13H15F2NO. The van der Waals surface area contributed by atoms with Crippen LogP contribution in [0, 0.1) is 11.6 Å². The monoisotopic (exact) mass is 239 g/mol. The number of rotatable bonds is 3. The van der Waals surface area contributed by atoms with Crippen LogP contribution in [-0.2, 0) is 10.3 Å². The molecule has 1 aromatic rings. The minimum Gasteiger partial charge on any atom is -0.478 e. The van der Waals surface area contributed by atoms with Crippen molar-refractivity contribution in [3.63, 3.8) is 0 Å². The second-order valence-electron chi connectivity index (χ2n) is 4.45. The minimum atomic E-state index is -0.845. The van der Waals surface area contributed by atoms with E-state index in [4.69, 9.17) is 4.74 Å². The number of hydrogen-bond donors (Lipinski definition) is 0. The van der Waals surface area contributed by atoms with Gasteiger partial charge in [-0.3, -0.25) is 0 Å². The molecule has 1 atom stereocenters. The lowest BCUT2D eigenvalue weighted by Crippen LogP contribution is -2.21. The van der Waals surface area contributed by atoms with Gasteiger partial charge in [-0.05, 0) is 31.0 Å². The van der Waals surface area contributed by atoms with Gasteiger partial charge in [0, 0.05) is 6.42 Å². The fourth-order valence-electron chi connectivity index (χ4n) is 1.88. The Bertz CT molecular complexity index is 459. The van der Waals surface area contributed by atoms with Crippen LogP contribution in [0.2, 0.25) is 0 Å². The van der Waals surface area contributed by atoms with E-state index in [2.05, 4.69) is 4.99 Å². The van der Waals surface area contributed by atoms with Crippen LogP contribution >= 0.6 is 0 Å². The van der Waals surface area contributed by atoms with Gasteiger partial charge in [0.1, 0.15) is 12.1 Å². The summed E-state index contributed by atoms with van der Waals surface area (Å²) in [6, 6.07) is 3.88. The maximum atomic E-state index is 13.2. The SMILES string of the molecule is CCCC1=NC(C)(c2ccc(F)c(F)c2)CO1. The molecular weight excluding hydrogens is 224 g/mol. The van der Waals surface area contributed by atoms with Gasteiger partial charge in [0.15, 0.2) is 17.5 Å². The maximum Gasteiger partial charge on any atom is 0.184 e. The lowest BCUT2D eigenvalue weighted by Gasteiger charge is -2.18. The van der Waals surface area contributed by atoms with E-state index < -0.39 is 17.2 Å². The van der Waals surface area contributed by atoms with Gasteiger partial charge in [0.25, 0.3) is 0 Å². The number of nitrogens with zero attached hydrogens (tertiary/aromatic N) is 1. The second kappa shape index (κ2) is 4.43. The number of ether oxygens (including phenoxy) is 1. The number of benzene rings is 1. The molecule has 0 radical (unpaired) electrons. The van der Waals surface area contributed by atoms with Crippen LogP contribution in [0.3, 0.4) is 0 Å². The molecule has 0 bridgehead atoms. The summed E-state index contributed by atoms with van der Waals surface area (Å²) >= 11 is 0. The fraction of sp³-hybridized carbons (Fsp3) is 0.462. The highest BCUT2D eigenvalue weighted by atomic mass is 19.2. The molecule has 1 aromatic carbocycles. The second-order valence-corrected chi connectivity index (χ2v) is 4.45. The zero-order chi connectivity index (χ0) is 12.5. The van der Waals surface area contributed by atoms with Crippen LogP contribution in [0.5, 0.6) is 0 Å². The molecule has 1 heterocycles. The first-order chi connectivity index (χ1) is 8.05. The van der Waals surface area contributed by atoms with Crippen LogP contribution in [0.25, 0.3) is 0 Å². The van der Waals surface area contributed by atoms with Crippen LogP contribution in [0.4, 0.5) is 8.78 Å². The van der Waals surface area contributed by atoms with Crippen molar-refractivity contribution in [3.8, 4) is 0 Å². The van der Waals surface area contributed by atoms with E-state index in [0.29, 0.717) is 18.1 Å². The van der Waals surface area contributed by atoms with Gasteiger partial charge in [0.2, 0.25) is 0 Å². The molecule has 0 N–H and O–H groups in total. The Morgan fingerprint density at radius 1 is 1.35 bits per heavy atom. The Kier molecular flexibility index (Phi) is 3.13. The molecule has 0 aromatic heterocycles. The van der Waals surface area contributed by atoms with Crippen molar-refractivity contribution in [1.29, 1.82) is 0 Å². The average molecular weight is 239 g/mol. The van der Waals surface area contributed by atoms with Crippen LogP contribution in [0.15, 0.2) is 23.2 Å². The predicted molar refractivity (Wildman–Crippen MR) is 62.0 cm³/mol. The zero-order valence-electron chi connectivity index (χ0n) is 9.96. The lowest BCUT2D eigenvalue weighted by molar-refractivity contribution is 0.263. The number of aliphatic imine (C=N–C) groups is 1. The smallest absolute Gasteiger partial charge is 0.184 e. The highest BCUT2D eigenvalue weighted by Crippen LogP contribution is 2.31. The topological polar surface area (TPSA) is 21.6 Å². The third-order valence-corrected chi connectivity index (χ3v) is 2.90. The van der Waals surface area contributed by atoms with Gasteiger partial charge in [-0.25, -0.2) is 13.8 Å². The lowest BCUT2D eigenvalue weighted by atomic mass is 9.94. The summed E-state index contributed by atoms with van der Waals surface area (Å²) in [5.74, 6) is -0.989. The molecule has 0 spiro atoms.